The van der Waals surface area contributed by atoms with Crippen molar-refractivity contribution in [3.8, 4) is 11.5 Å². The Hall–Kier alpha value is -3.06. The average molecular weight is 375 g/mol. The summed E-state index contributed by atoms with van der Waals surface area (Å²) in [5.41, 5.74) is 0.851. The molecule has 0 radical (unpaired) electrons. The summed E-state index contributed by atoms with van der Waals surface area (Å²) < 4.78 is 12.4. The molecule has 2 aromatic carbocycles. The number of hydrogen-bond acceptors (Lipinski definition) is 5. The molecule has 0 saturated heterocycles. The second-order valence-corrected chi connectivity index (χ2v) is 5.88. The number of ether oxygens (including phenoxy) is 2. The molecule has 0 spiro atoms. The van der Waals surface area contributed by atoms with Crippen molar-refractivity contribution in [2.75, 3.05) is 6.61 Å². The van der Waals surface area contributed by atoms with E-state index >= 15 is 0 Å². The van der Waals surface area contributed by atoms with Gasteiger partial charge in [0.05, 0.1) is 22.1 Å². The van der Waals surface area contributed by atoms with Crippen LogP contribution >= 0.6 is 11.6 Å². The molecule has 0 saturated carbocycles. The maximum absolute atomic E-state index is 12.0. The number of fused-ring (bicyclic) bond motifs is 1. The summed E-state index contributed by atoms with van der Waals surface area (Å²) in [7, 11) is 1.71. The molecular weight excluding hydrogens is 360 g/mol. The molecule has 1 aromatic heterocycles. The van der Waals surface area contributed by atoms with E-state index in [1.807, 2.05) is 0 Å². The molecule has 8 heteroatoms. The molecule has 0 fully saturated rings. The fourth-order valence-corrected chi connectivity index (χ4v) is 2.90. The summed E-state index contributed by atoms with van der Waals surface area (Å²) in [4.78, 5) is 22.7. The van der Waals surface area contributed by atoms with E-state index < -0.39 is 10.9 Å². The Balaban J connectivity index is 2.05. The van der Waals surface area contributed by atoms with Crippen LogP contribution in [0.25, 0.3) is 10.9 Å². The number of carbonyl (C=O) groups is 1. The van der Waals surface area contributed by atoms with Gasteiger partial charge in [0, 0.05) is 30.6 Å². The molecule has 7 nitrogen and oxygen atoms in total. The zero-order chi connectivity index (χ0) is 18.8. The van der Waals surface area contributed by atoms with Crippen LogP contribution < -0.4 is 4.74 Å². The highest BCUT2D eigenvalue weighted by molar-refractivity contribution is 6.35. The minimum atomic E-state index is -0.517. The summed E-state index contributed by atoms with van der Waals surface area (Å²) in [6.07, 6.45) is 0. The van der Waals surface area contributed by atoms with Crippen LogP contribution in [0.4, 0.5) is 5.69 Å². The highest BCUT2D eigenvalue weighted by Crippen LogP contribution is 2.36. The van der Waals surface area contributed by atoms with E-state index in [9.17, 15) is 14.9 Å². The Bertz CT molecular complexity index is 1010. The van der Waals surface area contributed by atoms with E-state index in [-0.39, 0.29) is 18.0 Å². The van der Waals surface area contributed by atoms with E-state index in [1.165, 1.54) is 12.1 Å². The zero-order valence-electron chi connectivity index (χ0n) is 14.1. The monoisotopic (exact) mass is 374 g/mol. The van der Waals surface area contributed by atoms with Crippen molar-refractivity contribution in [2.24, 2.45) is 7.05 Å². The number of hydrogen-bond donors (Lipinski definition) is 0. The van der Waals surface area contributed by atoms with E-state index in [2.05, 4.69) is 0 Å². The third kappa shape index (κ3) is 3.21. The number of halogens is 1. The number of carbonyl (C=O) groups excluding carboxylic acids is 1. The number of benzene rings is 2. The van der Waals surface area contributed by atoms with Crippen molar-refractivity contribution in [1.82, 2.24) is 4.57 Å². The number of esters is 1. The number of aryl methyl sites for hydroxylation is 1. The minimum absolute atomic E-state index is 0.104. The average Bonchev–Trinajstić information content (AvgIpc) is 2.93. The lowest BCUT2D eigenvalue weighted by molar-refractivity contribution is -0.385. The number of rotatable bonds is 5. The van der Waals surface area contributed by atoms with Crippen LogP contribution in [-0.4, -0.2) is 22.1 Å². The van der Waals surface area contributed by atoms with Crippen LogP contribution in [-0.2, 0) is 11.8 Å². The van der Waals surface area contributed by atoms with Crippen LogP contribution in [0, 0.1) is 10.1 Å². The maximum Gasteiger partial charge on any atom is 0.354 e. The second kappa shape index (κ2) is 7.05. The second-order valence-electron chi connectivity index (χ2n) is 5.47. The molecule has 3 aromatic rings. The Labute approximate surface area is 153 Å². The smallest absolute Gasteiger partial charge is 0.354 e. The molecule has 0 amide bonds. The SMILES string of the molecule is CCOC(=O)c1cc2c(Cl)cc(Oc3ccccc3[N+](=O)[O-])cc2n1C. The van der Waals surface area contributed by atoms with Gasteiger partial charge < -0.3 is 14.0 Å². The van der Waals surface area contributed by atoms with E-state index in [0.29, 0.717) is 27.4 Å². The summed E-state index contributed by atoms with van der Waals surface area (Å²) in [6, 6.07) is 10.9. The first-order chi connectivity index (χ1) is 12.4. The molecule has 0 aliphatic heterocycles. The van der Waals surface area contributed by atoms with E-state index in [4.69, 9.17) is 21.1 Å². The fourth-order valence-electron chi connectivity index (χ4n) is 2.64. The zero-order valence-corrected chi connectivity index (χ0v) is 14.8. The molecule has 0 atom stereocenters. The molecule has 0 N–H and O–H groups in total. The predicted octanol–water partition coefficient (Wildman–Crippen LogP) is 4.71. The van der Waals surface area contributed by atoms with Gasteiger partial charge in [-0.15, -0.1) is 0 Å². The van der Waals surface area contributed by atoms with E-state index in [0.717, 1.165) is 0 Å². The lowest BCUT2D eigenvalue weighted by Gasteiger charge is -2.08. The number of nitro benzene ring substituents is 1. The summed E-state index contributed by atoms with van der Waals surface area (Å²) in [6.45, 7) is 1.99. The Morgan fingerprint density at radius 1 is 1.27 bits per heavy atom. The number of nitro groups is 1. The number of aromatic nitrogens is 1. The normalized spacial score (nSPS) is 10.7. The van der Waals surface area contributed by atoms with Crippen molar-refractivity contribution in [3.63, 3.8) is 0 Å². The van der Waals surface area contributed by atoms with Gasteiger partial charge in [0.25, 0.3) is 0 Å². The molecule has 0 aliphatic carbocycles. The Morgan fingerprint density at radius 3 is 2.69 bits per heavy atom. The third-order valence-electron chi connectivity index (χ3n) is 3.86. The van der Waals surface area contributed by atoms with Gasteiger partial charge in [-0.3, -0.25) is 10.1 Å². The van der Waals surface area contributed by atoms with Gasteiger partial charge in [-0.25, -0.2) is 4.79 Å². The fraction of sp³-hybridized carbons (Fsp3) is 0.167. The predicted molar refractivity (Wildman–Crippen MR) is 97.1 cm³/mol. The Morgan fingerprint density at radius 2 is 2.00 bits per heavy atom. The lowest BCUT2D eigenvalue weighted by Crippen LogP contribution is -2.09. The highest BCUT2D eigenvalue weighted by atomic mass is 35.5. The van der Waals surface area contributed by atoms with Gasteiger partial charge in [-0.1, -0.05) is 23.7 Å². The molecule has 0 aliphatic rings. The minimum Gasteiger partial charge on any atom is -0.461 e. The topological polar surface area (TPSA) is 83.6 Å². The van der Waals surface area contributed by atoms with Gasteiger partial charge in [-0.05, 0) is 19.1 Å². The van der Waals surface area contributed by atoms with Gasteiger partial charge in [0.15, 0.2) is 0 Å². The maximum atomic E-state index is 12.0. The summed E-state index contributed by atoms with van der Waals surface area (Å²) in [5.74, 6) is -0.0235. The van der Waals surface area contributed by atoms with Crippen LogP contribution in [0.1, 0.15) is 17.4 Å². The first-order valence-corrected chi connectivity index (χ1v) is 8.17. The van der Waals surface area contributed by atoms with Crippen molar-refractivity contribution in [2.45, 2.75) is 6.92 Å². The number of para-hydroxylation sites is 2. The largest absolute Gasteiger partial charge is 0.461 e. The molecule has 0 unspecified atom stereocenters. The molecule has 26 heavy (non-hydrogen) atoms. The van der Waals surface area contributed by atoms with Gasteiger partial charge in [0.1, 0.15) is 11.4 Å². The summed E-state index contributed by atoms with van der Waals surface area (Å²) >= 11 is 6.32. The molecular formula is C18H15ClN2O5. The highest BCUT2D eigenvalue weighted by Gasteiger charge is 2.19. The first-order valence-electron chi connectivity index (χ1n) is 7.79. The van der Waals surface area contributed by atoms with Crippen LogP contribution in [0.3, 0.4) is 0 Å². The summed E-state index contributed by atoms with van der Waals surface area (Å²) in [5, 5.41) is 12.2. The van der Waals surface area contributed by atoms with Gasteiger partial charge in [0.2, 0.25) is 5.75 Å². The van der Waals surface area contributed by atoms with Crippen LogP contribution in [0.2, 0.25) is 5.02 Å². The third-order valence-corrected chi connectivity index (χ3v) is 4.17. The standard InChI is InChI=1S/C18H15ClN2O5/c1-3-25-18(22)16-10-12-13(19)8-11(9-15(12)20(16)2)26-17-7-5-4-6-14(17)21(23)24/h4-10H,3H2,1-2H3. The first kappa shape index (κ1) is 17.8. The molecule has 134 valence electrons. The van der Waals surface area contributed by atoms with Crippen molar-refractivity contribution >= 4 is 34.2 Å². The van der Waals surface area contributed by atoms with Gasteiger partial charge in [-0.2, -0.15) is 0 Å². The van der Waals surface area contributed by atoms with Crippen molar-refractivity contribution in [1.29, 1.82) is 0 Å². The molecule has 0 bridgehead atoms. The van der Waals surface area contributed by atoms with Crippen molar-refractivity contribution in [3.05, 3.63) is 63.3 Å². The lowest BCUT2D eigenvalue weighted by atomic mass is 10.2. The van der Waals surface area contributed by atoms with E-state index in [1.54, 1.807) is 48.9 Å². The van der Waals surface area contributed by atoms with Crippen LogP contribution in [0.5, 0.6) is 11.5 Å². The quantitative estimate of drug-likeness (QED) is 0.367. The van der Waals surface area contributed by atoms with Crippen molar-refractivity contribution < 1.29 is 19.2 Å². The van der Waals surface area contributed by atoms with Crippen LogP contribution in [0.15, 0.2) is 42.5 Å². The molecule has 3 rings (SSSR count). The number of nitrogens with zero attached hydrogens (tertiary/aromatic N) is 2. The molecule has 1 heterocycles. The van der Waals surface area contributed by atoms with Gasteiger partial charge >= 0.3 is 11.7 Å². The Kier molecular flexibility index (Phi) is 4.81.